The Morgan fingerprint density at radius 3 is 2.61 bits per heavy atom. The number of halogens is 2. The molecule has 2 rings (SSSR count). The van der Waals surface area contributed by atoms with Gasteiger partial charge in [0.25, 0.3) is 0 Å². The molecule has 0 atom stereocenters. The average molecular weight is 282 g/mol. The largest absolute Gasteiger partial charge is 0.383 e. The van der Waals surface area contributed by atoms with Crippen molar-refractivity contribution in [2.75, 3.05) is 5.73 Å². The van der Waals surface area contributed by atoms with Crippen molar-refractivity contribution in [3.05, 3.63) is 39.6 Å². The Morgan fingerprint density at radius 2 is 1.94 bits per heavy atom. The molecule has 0 radical (unpaired) electrons. The van der Waals surface area contributed by atoms with Crippen LogP contribution in [0, 0.1) is 6.92 Å². The molecule has 1 aromatic carbocycles. The summed E-state index contributed by atoms with van der Waals surface area (Å²) in [5.41, 5.74) is 8.24. The maximum atomic E-state index is 6.19. The lowest BCUT2D eigenvalue weighted by molar-refractivity contribution is 0.940. The van der Waals surface area contributed by atoms with Crippen molar-refractivity contribution in [1.82, 2.24) is 9.97 Å². The lowest BCUT2D eigenvalue weighted by Gasteiger charge is -2.11. The molecule has 5 heteroatoms. The number of benzene rings is 1. The number of hydrogen-bond acceptors (Lipinski definition) is 3. The molecule has 0 aliphatic rings. The van der Waals surface area contributed by atoms with Crippen LogP contribution in [-0.2, 0) is 6.42 Å². The molecule has 0 aliphatic heterocycles. The number of aromatic nitrogens is 2. The van der Waals surface area contributed by atoms with Gasteiger partial charge in [0.05, 0.1) is 10.7 Å². The van der Waals surface area contributed by atoms with E-state index in [-0.39, 0.29) is 0 Å². The molecule has 1 aromatic heterocycles. The van der Waals surface area contributed by atoms with E-state index in [1.807, 2.05) is 13.8 Å². The zero-order valence-electron chi connectivity index (χ0n) is 10.2. The van der Waals surface area contributed by atoms with Gasteiger partial charge >= 0.3 is 0 Å². The first-order valence-corrected chi connectivity index (χ1v) is 6.37. The maximum Gasteiger partial charge on any atom is 0.131 e. The minimum absolute atomic E-state index is 0.480. The van der Waals surface area contributed by atoms with Gasteiger partial charge in [0.1, 0.15) is 11.6 Å². The summed E-state index contributed by atoms with van der Waals surface area (Å²) in [5.74, 6) is 1.18. The lowest BCUT2D eigenvalue weighted by Crippen LogP contribution is -2.04. The lowest BCUT2D eigenvalue weighted by atomic mass is 10.1. The number of rotatable bonds is 2. The summed E-state index contributed by atoms with van der Waals surface area (Å²) in [6.45, 7) is 3.86. The molecule has 0 saturated heterocycles. The van der Waals surface area contributed by atoms with Gasteiger partial charge in [0, 0.05) is 22.6 Å². The normalized spacial score (nSPS) is 10.7. The highest BCUT2D eigenvalue weighted by Crippen LogP contribution is 2.32. The van der Waals surface area contributed by atoms with Crippen molar-refractivity contribution < 1.29 is 0 Å². The fourth-order valence-corrected chi connectivity index (χ4v) is 2.06. The Kier molecular flexibility index (Phi) is 3.73. The van der Waals surface area contributed by atoms with Crippen LogP contribution in [0.3, 0.4) is 0 Å². The van der Waals surface area contributed by atoms with Gasteiger partial charge in [-0.05, 0) is 25.1 Å². The Labute approximate surface area is 116 Å². The van der Waals surface area contributed by atoms with Crippen molar-refractivity contribution in [1.29, 1.82) is 0 Å². The molecule has 0 bridgehead atoms. The van der Waals surface area contributed by atoms with Crippen LogP contribution in [0.2, 0.25) is 10.0 Å². The topological polar surface area (TPSA) is 51.8 Å². The zero-order chi connectivity index (χ0) is 13.3. The van der Waals surface area contributed by atoms with E-state index < -0.39 is 0 Å². The summed E-state index contributed by atoms with van der Waals surface area (Å²) >= 11 is 12.2. The van der Waals surface area contributed by atoms with Crippen LogP contribution >= 0.6 is 23.2 Å². The molecule has 18 heavy (non-hydrogen) atoms. The van der Waals surface area contributed by atoms with Crippen molar-refractivity contribution in [2.45, 2.75) is 20.3 Å². The summed E-state index contributed by atoms with van der Waals surface area (Å²) < 4.78 is 0. The molecule has 3 nitrogen and oxygen atoms in total. The molecule has 1 heterocycles. The molecule has 0 spiro atoms. The predicted octanol–water partition coefficient (Wildman–Crippen LogP) is 3.90. The van der Waals surface area contributed by atoms with Crippen LogP contribution in [0.4, 0.5) is 5.82 Å². The van der Waals surface area contributed by atoms with E-state index in [9.17, 15) is 0 Å². The molecule has 94 valence electrons. The van der Waals surface area contributed by atoms with Crippen LogP contribution in [0.15, 0.2) is 18.2 Å². The van der Waals surface area contributed by atoms with Crippen LogP contribution in [-0.4, -0.2) is 9.97 Å². The maximum absolute atomic E-state index is 6.19. The predicted molar refractivity (Wildman–Crippen MR) is 76.0 cm³/mol. The summed E-state index contributed by atoms with van der Waals surface area (Å²) in [5, 5.41) is 1.21. The number of hydrogen-bond donors (Lipinski definition) is 1. The molecule has 0 amide bonds. The summed E-state index contributed by atoms with van der Waals surface area (Å²) in [7, 11) is 0. The van der Waals surface area contributed by atoms with Crippen molar-refractivity contribution in [3.63, 3.8) is 0 Å². The fraction of sp³-hybridized carbons (Fsp3) is 0.231. The average Bonchev–Trinajstić information content (AvgIpc) is 2.35. The van der Waals surface area contributed by atoms with Gasteiger partial charge in [-0.15, -0.1) is 0 Å². The van der Waals surface area contributed by atoms with Crippen molar-refractivity contribution >= 4 is 29.0 Å². The van der Waals surface area contributed by atoms with E-state index in [2.05, 4.69) is 9.97 Å². The third-order valence-corrected chi connectivity index (χ3v) is 3.29. The third kappa shape index (κ3) is 2.42. The van der Waals surface area contributed by atoms with Crippen molar-refractivity contribution in [3.8, 4) is 11.3 Å². The van der Waals surface area contributed by atoms with Gasteiger partial charge in [-0.2, -0.15) is 0 Å². The van der Waals surface area contributed by atoms with Crippen LogP contribution in [0.1, 0.15) is 18.3 Å². The molecule has 0 unspecified atom stereocenters. The van der Waals surface area contributed by atoms with Gasteiger partial charge < -0.3 is 5.73 Å². The van der Waals surface area contributed by atoms with E-state index in [1.54, 1.807) is 18.2 Å². The molecule has 2 aromatic rings. The van der Waals surface area contributed by atoms with Crippen LogP contribution in [0.5, 0.6) is 0 Å². The second-order valence-electron chi connectivity index (χ2n) is 3.98. The zero-order valence-corrected chi connectivity index (χ0v) is 11.7. The summed E-state index contributed by atoms with van der Waals surface area (Å²) in [6, 6.07) is 5.29. The molecular formula is C13H13Cl2N3. The number of nitrogens with two attached hydrogens (primary N) is 1. The minimum Gasteiger partial charge on any atom is -0.383 e. The Hall–Kier alpha value is -1.32. The highest BCUT2D eigenvalue weighted by atomic mass is 35.5. The fourth-order valence-electron chi connectivity index (χ4n) is 1.68. The minimum atomic E-state index is 0.480. The van der Waals surface area contributed by atoms with Gasteiger partial charge in [0.15, 0.2) is 0 Å². The first-order chi connectivity index (χ1) is 8.52. The first-order valence-electron chi connectivity index (χ1n) is 5.61. The number of anilines is 1. The molecule has 0 saturated carbocycles. The second kappa shape index (κ2) is 5.12. The Morgan fingerprint density at radius 1 is 1.22 bits per heavy atom. The summed E-state index contributed by atoms with van der Waals surface area (Å²) in [4.78, 5) is 8.71. The number of nitrogens with zero attached hydrogens (tertiary/aromatic N) is 2. The smallest absolute Gasteiger partial charge is 0.131 e. The number of nitrogen functional groups attached to an aromatic ring is 1. The highest BCUT2D eigenvalue weighted by Gasteiger charge is 2.13. The standard InChI is InChI=1S/C13H13Cl2N3/c1-3-11-17-12(7(2)13(16)18-11)9-6-8(14)4-5-10(9)15/h4-6H,3H2,1-2H3,(H2,16,17,18). The van der Waals surface area contributed by atoms with Crippen LogP contribution < -0.4 is 5.73 Å². The Bertz CT molecular complexity index is 597. The van der Waals surface area contributed by atoms with E-state index in [1.165, 1.54) is 0 Å². The monoisotopic (exact) mass is 281 g/mol. The third-order valence-electron chi connectivity index (χ3n) is 2.73. The van der Waals surface area contributed by atoms with Gasteiger partial charge in [-0.3, -0.25) is 0 Å². The molecule has 0 aliphatic carbocycles. The van der Waals surface area contributed by atoms with Crippen LogP contribution in [0.25, 0.3) is 11.3 Å². The van der Waals surface area contributed by atoms with Crippen molar-refractivity contribution in [2.24, 2.45) is 0 Å². The highest BCUT2D eigenvalue weighted by molar-refractivity contribution is 6.35. The van der Waals surface area contributed by atoms with E-state index in [4.69, 9.17) is 28.9 Å². The van der Waals surface area contributed by atoms with E-state index in [0.29, 0.717) is 21.7 Å². The van der Waals surface area contributed by atoms with Gasteiger partial charge in [-0.1, -0.05) is 30.1 Å². The SMILES string of the molecule is CCc1nc(N)c(C)c(-c2cc(Cl)ccc2Cl)n1. The quantitative estimate of drug-likeness (QED) is 0.908. The Balaban J connectivity index is 2.69. The second-order valence-corrected chi connectivity index (χ2v) is 4.82. The molecule has 2 N–H and O–H groups in total. The first kappa shape index (κ1) is 13.1. The van der Waals surface area contributed by atoms with Gasteiger partial charge in [0.2, 0.25) is 0 Å². The summed E-state index contributed by atoms with van der Waals surface area (Å²) in [6.07, 6.45) is 0.718. The van der Waals surface area contributed by atoms with E-state index >= 15 is 0 Å². The van der Waals surface area contributed by atoms with E-state index in [0.717, 1.165) is 23.2 Å². The molecular weight excluding hydrogens is 269 g/mol. The molecule has 0 fully saturated rings. The van der Waals surface area contributed by atoms with Gasteiger partial charge in [-0.25, -0.2) is 9.97 Å². The number of aryl methyl sites for hydroxylation is 1.